The van der Waals surface area contributed by atoms with Gasteiger partial charge in [0.15, 0.2) is 0 Å². The van der Waals surface area contributed by atoms with Crippen LogP contribution in [-0.2, 0) is 14.3 Å². The van der Waals surface area contributed by atoms with Crippen LogP contribution in [0.3, 0.4) is 0 Å². The quantitative estimate of drug-likeness (QED) is 0.123. The van der Waals surface area contributed by atoms with E-state index in [1.807, 2.05) is 30.3 Å². The number of carbonyl (C=O) groups excluding carboxylic acids is 2. The zero-order chi connectivity index (χ0) is 26.5. The summed E-state index contributed by atoms with van der Waals surface area (Å²) < 4.78 is 4.44. The Morgan fingerprint density at radius 1 is 1.08 bits per heavy atom. The van der Waals surface area contributed by atoms with Gasteiger partial charge >= 0.3 is 0 Å². The molecule has 3 aromatic carbocycles. The number of halogens is 3. The molecule has 0 bridgehead atoms. The normalized spacial score (nSPS) is 11.1. The van der Waals surface area contributed by atoms with E-state index in [0.717, 1.165) is 5.56 Å². The Morgan fingerprint density at radius 3 is 2.25 bits per heavy atom. The lowest BCUT2D eigenvalue weighted by Gasteiger charge is -2.19. The fourth-order valence-corrected chi connectivity index (χ4v) is 3.97. The number of anilines is 1. The highest BCUT2D eigenvalue weighted by Gasteiger charge is 2.23. The minimum Gasteiger partial charge on any atom is -0.365 e. The van der Waals surface area contributed by atoms with Gasteiger partial charge in [-0.1, -0.05) is 77.3 Å². The summed E-state index contributed by atoms with van der Waals surface area (Å²) in [6.07, 6.45) is 2.17. The van der Waals surface area contributed by atoms with Gasteiger partial charge in [0.05, 0.1) is 18.0 Å². The van der Waals surface area contributed by atoms with Crippen LogP contribution in [0.5, 0.6) is 0 Å². The van der Waals surface area contributed by atoms with Crippen LogP contribution in [0.25, 0.3) is 0 Å². The first kappa shape index (κ1) is 28.8. The fraction of sp³-hybridized carbons (Fsp3) is 0.154. The second-order valence-corrected chi connectivity index (χ2v) is 8.37. The molecule has 10 heteroatoms. The van der Waals surface area contributed by atoms with Crippen molar-refractivity contribution in [1.82, 2.24) is 5.32 Å². The van der Waals surface area contributed by atoms with Crippen LogP contribution in [0.15, 0.2) is 71.8 Å². The van der Waals surface area contributed by atoms with Crippen LogP contribution < -0.4 is 10.3 Å². The van der Waals surface area contributed by atoms with Crippen molar-refractivity contribution >= 4 is 59.0 Å². The van der Waals surface area contributed by atoms with Crippen molar-refractivity contribution in [2.24, 2.45) is 5.10 Å². The molecule has 0 heterocycles. The maximum atomic E-state index is 12.1. The molecule has 3 rings (SSSR count). The summed E-state index contributed by atoms with van der Waals surface area (Å²) in [5.74, 6) is -1.04. The second-order valence-electron chi connectivity index (χ2n) is 7.14. The third kappa shape index (κ3) is 8.08. The summed E-state index contributed by atoms with van der Waals surface area (Å²) in [4.78, 5) is 21.5. The van der Waals surface area contributed by atoms with Gasteiger partial charge in [-0.3, -0.25) is 9.59 Å². The first-order valence-electron chi connectivity index (χ1n) is 10.5. The number of rotatable bonds is 8. The Bertz CT molecular complexity index is 1230. The third-order valence-electron chi connectivity index (χ3n) is 4.69. The van der Waals surface area contributed by atoms with E-state index >= 15 is 0 Å². The second kappa shape index (κ2) is 14.9. The van der Waals surface area contributed by atoms with Crippen molar-refractivity contribution < 1.29 is 14.3 Å². The van der Waals surface area contributed by atoms with E-state index < -0.39 is 5.92 Å². The van der Waals surface area contributed by atoms with E-state index in [-0.39, 0.29) is 5.91 Å². The molecule has 0 saturated heterocycles. The van der Waals surface area contributed by atoms with Crippen molar-refractivity contribution in [3.05, 3.63) is 98.5 Å². The van der Waals surface area contributed by atoms with E-state index in [1.54, 1.807) is 42.6 Å². The number of ether oxygens (including phenoxy) is 1. The first-order chi connectivity index (χ1) is 17.3. The summed E-state index contributed by atoms with van der Waals surface area (Å²) >= 11 is 19.1. The van der Waals surface area contributed by atoms with Crippen molar-refractivity contribution in [2.75, 3.05) is 18.8 Å². The number of hydrogen-bond donors (Lipinski definition) is 1. The average molecular weight is 546 g/mol. The zero-order valence-corrected chi connectivity index (χ0v) is 21.8. The summed E-state index contributed by atoms with van der Waals surface area (Å²) in [5.41, 5.74) is 2.35. The SMILES string of the molecule is CC(=O)N(/N=C/c1ccccc1)c1ccc(C(C#N)c2c(Cl)cccc2Cl)c(Cl)c1.COCNC=O. The van der Waals surface area contributed by atoms with Crippen molar-refractivity contribution in [3.63, 3.8) is 0 Å². The Morgan fingerprint density at radius 2 is 1.75 bits per heavy atom. The zero-order valence-electron chi connectivity index (χ0n) is 19.5. The van der Waals surface area contributed by atoms with Gasteiger partial charge in [0.25, 0.3) is 0 Å². The van der Waals surface area contributed by atoms with Gasteiger partial charge in [-0.15, -0.1) is 0 Å². The maximum absolute atomic E-state index is 12.1. The molecule has 0 aliphatic rings. The van der Waals surface area contributed by atoms with Crippen molar-refractivity contribution in [1.29, 1.82) is 5.26 Å². The smallest absolute Gasteiger partial charge is 0.244 e. The molecule has 3 aromatic rings. The van der Waals surface area contributed by atoms with Crippen LogP contribution in [0.2, 0.25) is 15.1 Å². The molecular weight excluding hydrogens is 523 g/mol. The molecule has 0 fully saturated rings. The van der Waals surface area contributed by atoms with Gasteiger partial charge in [-0.05, 0) is 35.4 Å². The number of amides is 2. The molecule has 1 N–H and O–H groups in total. The van der Waals surface area contributed by atoms with Crippen LogP contribution in [0.4, 0.5) is 5.69 Å². The lowest BCUT2D eigenvalue weighted by atomic mass is 9.92. The third-order valence-corrected chi connectivity index (χ3v) is 5.67. The van der Waals surface area contributed by atoms with E-state index in [1.165, 1.54) is 19.0 Å². The molecule has 0 aliphatic carbocycles. The number of hydrazone groups is 1. The first-order valence-corrected chi connectivity index (χ1v) is 11.7. The molecule has 186 valence electrons. The molecule has 0 radical (unpaired) electrons. The van der Waals surface area contributed by atoms with Crippen LogP contribution >= 0.6 is 34.8 Å². The van der Waals surface area contributed by atoms with Gasteiger partial charge in [-0.2, -0.15) is 10.4 Å². The van der Waals surface area contributed by atoms with E-state index in [2.05, 4.69) is 21.2 Å². The van der Waals surface area contributed by atoms with Gasteiger partial charge in [0.1, 0.15) is 12.6 Å². The highest BCUT2D eigenvalue weighted by Crippen LogP contribution is 2.39. The standard InChI is InChI=1S/C23H16Cl3N3O.C3H7NO2/c1-15(30)29(28-14-16-6-3-2-4-7-16)17-10-11-18(22(26)12-17)19(13-27)23-20(24)8-5-9-21(23)25;1-6-3-4-2-5/h2-12,14,19H,1H3;2H,3H2,1H3,(H,4,5)/b28-14+;. The highest BCUT2D eigenvalue weighted by atomic mass is 35.5. The lowest BCUT2D eigenvalue weighted by Crippen LogP contribution is -2.22. The van der Waals surface area contributed by atoms with E-state index in [0.29, 0.717) is 45.0 Å². The minimum absolute atomic E-state index is 0.281. The lowest BCUT2D eigenvalue weighted by molar-refractivity contribution is -0.116. The fourth-order valence-electron chi connectivity index (χ4n) is 3.07. The van der Waals surface area contributed by atoms with Gasteiger partial charge < -0.3 is 10.1 Å². The molecule has 36 heavy (non-hydrogen) atoms. The number of nitriles is 1. The van der Waals surface area contributed by atoms with Gasteiger partial charge in [-0.25, -0.2) is 5.01 Å². The molecule has 1 atom stereocenters. The van der Waals surface area contributed by atoms with Gasteiger partial charge in [0.2, 0.25) is 12.3 Å². The predicted octanol–water partition coefficient (Wildman–Crippen LogP) is 6.03. The highest BCUT2D eigenvalue weighted by molar-refractivity contribution is 6.36. The average Bonchev–Trinajstić information content (AvgIpc) is 2.86. The number of methoxy groups -OCH3 is 1. The van der Waals surface area contributed by atoms with E-state index in [4.69, 9.17) is 34.8 Å². The number of hydrogen-bond acceptors (Lipinski definition) is 5. The Labute approximate surface area is 224 Å². The maximum Gasteiger partial charge on any atom is 0.244 e. The Hall–Kier alpha value is -3.41. The minimum atomic E-state index is -0.758. The van der Waals surface area contributed by atoms with Crippen molar-refractivity contribution in [2.45, 2.75) is 12.8 Å². The van der Waals surface area contributed by atoms with Crippen LogP contribution in [-0.4, -0.2) is 32.4 Å². The Kier molecular flexibility index (Phi) is 11.9. The molecule has 2 amide bonds. The van der Waals surface area contributed by atoms with Crippen molar-refractivity contribution in [3.8, 4) is 6.07 Å². The molecule has 0 spiro atoms. The summed E-state index contributed by atoms with van der Waals surface area (Å²) in [5, 5.41) is 18.7. The molecular formula is C26H23Cl3N4O3. The number of nitrogens with zero attached hydrogens (tertiary/aromatic N) is 3. The van der Waals surface area contributed by atoms with E-state index in [9.17, 15) is 14.9 Å². The molecule has 0 aliphatic heterocycles. The number of nitrogens with one attached hydrogen (secondary N) is 1. The monoisotopic (exact) mass is 544 g/mol. The molecule has 0 aromatic heterocycles. The van der Waals surface area contributed by atoms with Crippen LogP contribution in [0.1, 0.15) is 29.5 Å². The number of benzene rings is 3. The summed E-state index contributed by atoms with van der Waals surface area (Å²) in [6, 6.07) is 21.6. The summed E-state index contributed by atoms with van der Waals surface area (Å²) in [7, 11) is 1.51. The summed E-state index contributed by atoms with van der Waals surface area (Å²) in [6.45, 7) is 1.70. The molecule has 1 unspecified atom stereocenters. The topological polar surface area (TPSA) is 94.8 Å². The van der Waals surface area contributed by atoms with Gasteiger partial charge in [0, 0.05) is 34.7 Å². The predicted molar refractivity (Wildman–Crippen MR) is 144 cm³/mol. The number of carbonyl (C=O) groups is 2. The largest absolute Gasteiger partial charge is 0.365 e. The molecule has 0 saturated carbocycles. The molecule has 7 nitrogen and oxygen atoms in total. The van der Waals surface area contributed by atoms with Crippen LogP contribution in [0, 0.1) is 11.3 Å². The Balaban J connectivity index is 0.000000678.